The van der Waals surface area contributed by atoms with Gasteiger partial charge < -0.3 is 13.9 Å². The second kappa shape index (κ2) is 11.0. The molecule has 0 amide bonds. The molecule has 49 heavy (non-hydrogen) atoms. The summed E-state index contributed by atoms with van der Waals surface area (Å²) in [5.74, 6) is 0. The van der Waals surface area contributed by atoms with Crippen LogP contribution in [0.2, 0.25) is 0 Å². The van der Waals surface area contributed by atoms with Crippen molar-refractivity contribution in [1.29, 1.82) is 0 Å². The summed E-state index contributed by atoms with van der Waals surface area (Å²) in [6, 6.07) is 64.9. The quantitative estimate of drug-likeness (QED) is 0.190. The van der Waals surface area contributed by atoms with Crippen molar-refractivity contribution in [3.63, 3.8) is 0 Å². The summed E-state index contributed by atoms with van der Waals surface area (Å²) in [5.41, 5.74) is 11.0. The molecular weight excluding hydrogens is 597 g/mol. The summed E-state index contributed by atoms with van der Waals surface area (Å²) < 4.78 is 8.90. The predicted octanol–water partition coefficient (Wildman–Crippen LogP) is 13.0. The Labute approximate surface area is 283 Å². The fourth-order valence-corrected chi connectivity index (χ4v) is 7.50. The molecule has 0 fully saturated rings. The minimum atomic E-state index is 0.868. The molecule has 0 spiro atoms. The summed E-state index contributed by atoms with van der Waals surface area (Å²) in [4.78, 5) is 2.32. The minimum Gasteiger partial charge on any atom is -0.456 e. The number of anilines is 3. The zero-order chi connectivity index (χ0) is 32.3. The first-order chi connectivity index (χ1) is 24.3. The van der Waals surface area contributed by atoms with Gasteiger partial charge in [-0.1, -0.05) is 103 Å². The van der Waals surface area contributed by atoms with Crippen LogP contribution in [-0.2, 0) is 0 Å². The molecule has 0 aliphatic heterocycles. The molecule has 0 aliphatic rings. The normalized spacial score (nSPS) is 11.7. The molecule has 0 saturated carbocycles. The monoisotopic (exact) mass is 626 g/mol. The zero-order valence-electron chi connectivity index (χ0n) is 26.6. The molecule has 3 heteroatoms. The van der Waals surface area contributed by atoms with Crippen molar-refractivity contribution in [1.82, 2.24) is 4.57 Å². The SMILES string of the molecule is c1ccc(N(c2ccc3c(c2)oc2ccc(-c4ccc5c(c4)c4ccccc4n5-c4ccccc4)cc23)c2cccc3ccccc23)cc1. The van der Waals surface area contributed by atoms with Gasteiger partial charge in [0.05, 0.1) is 16.7 Å². The van der Waals surface area contributed by atoms with Crippen LogP contribution in [0.3, 0.4) is 0 Å². The van der Waals surface area contributed by atoms with Crippen LogP contribution in [-0.4, -0.2) is 4.57 Å². The van der Waals surface area contributed by atoms with E-state index in [2.05, 4.69) is 191 Å². The molecule has 2 aromatic heterocycles. The van der Waals surface area contributed by atoms with Crippen LogP contribution in [0.25, 0.3) is 71.3 Å². The van der Waals surface area contributed by atoms with Crippen LogP contribution in [0.5, 0.6) is 0 Å². The van der Waals surface area contributed by atoms with Gasteiger partial charge in [0.1, 0.15) is 11.2 Å². The molecule has 2 heterocycles. The highest BCUT2D eigenvalue weighted by Gasteiger charge is 2.18. The average molecular weight is 627 g/mol. The first-order valence-electron chi connectivity index (χ1n) is 16.7. The lowest BCUT2D eigenvalue weighted by Crippen LogP contribution is -2.10. The summed E-state index contributed by atoms with van der Waals surface area (Å²) in [6.45, 7) is 0. The van der Waals surface area contributed by atoms with Crippen molar-refractivity contribution in [2.45, 2.75) is 0 Å². The Hall–Kier alpha value is -6.58. The van der Waals surface area contributed by atoms with Gasteiger partial charge in [-0.15, -0.1) is 0 Å². The molecule has 0 N–H and O–H groups in total. The molecule has 3 nitrogen and oxygen atoms in total. The van der Waals surface area contributed by atoms with Crippen LogP contribution >= 0.6 is 0 Å². The molecule has 0 atom stereocenters. The average Bonchev–Trinajstić information content (AvgIpc) is 3.70. The molecule has 0 bridgehead atoms. The van der Waals surface area contributed by atoms with Gasteiger partial charge in [0.2, 0.25) is 0 Å². The molecule has 0 radical (unpaired) electrons. The van der Waals surface area contributed by atoms with Crippen LogP contribution in [0.4, 0.5) is 17.1 Å². The van der Waals surface area contributed by atoms with Gasteiger partial charge in [-0.2, -0.15) is 0 Å². The number of nitrogens with zero attached hydrogens (tertiary/aromatic N) is 2. The maximum Gasteiger partial charge on any atom is 0.137 e. The third-order valence-electron chi connectivity index (χ3n) is 9.76. The Morgan fingerprint density at radius 3 is 1.92 bits per heavy atom. The molecule has 230 valence electrons. The van der Waals surface area contributed by atoms with Crippen molar-refractivity contribution in [3.05, 3.63) is 182 Å². The molecule has 0 aliphatic carbocycles. The van der Waals surface area contributed by atoms with Gasteiger partial charge in [0.25, 0.3) is 0 Å². The lowest BCUT2D eigenvalue weighted by Gasteiger charge is -2.26. The van der Waals surface area contributed by atoms with Gasteiger partial charge in [-0.05, 0) is 89.3 Å². The lowest BCUT2D eigenvalue weighted by molar-refractivity contribution is 0.669. The van der Waals surface area contributed by atoms with E-state index in [0.717, 1.165) is 39.0 Å². The van der Waals surface area contributed by atoms with Crippen LogP contribution in [0.1, 0.15) is 0 Å². The van der Waals surface area contributed by atoms with E-state index in [1.807, 2.05) is 0 Å². The fourth-order valence-electron chi connectivity index (χ4n) is 7.50. The number of rotatable bonds is 5. The molecule has 8 aromatic carbocycles. The second-order valence-corrected chi connectivity index (χ2v) is 12.6. The number of benzene rings is 8. The second-order valence-electron chi connectivity index (χ2n) is 12.6. The summed E-state index contributed by atoms with van der Waals surface area (Å²) in [6.07, 6.45) is 0. The van der Waals surface area contributed by atoms with Crippen molar-refractivity contribution < 1.29 is 4.42 Å². The fraction of sp³-hybridized carbons (Fsp3) is 0. The largest absolute Gasteiger partial charge is 0.456 e. The van der Waals surface area contributed by atoms with E-state index in [0.29, 0.717) is 0 Å². The molecule has 0 unspecified atom stereocenters. The highest BCUT2D eigenvalue weighted by Crippen LogP contribution is 2.42. The summed E-state index contributed by atoms with van der Waals surface area (Å²) in [7, 11) is 0. The van der Waals surface area contributed by atoms with Crippen molar-refractivity contribution >= 4 is 71.6 Å². The van der Waals surface area contributed by atoms with Gasteiger partial charge in [-0.25, -0.2) is 0 Å². The molecular formula is C46H30N2O. The van der Waals surface area contributed by atoms with E-state index in [1.165, 1.54) is 49.4 Å². The number of hydrogen-bond acceptors (Lipinski definition) is 2. The number of aromatic nitrogens is 1. The minimum absolute atomic E-state index is 0.868. The molecule has 10 rings (SSSR count). The van der Waals surface area contributed by atoms with E-state index in [4.69, 9.17) is 4.42 Å². The lowest BCUT2D eigenvalue weighted by atomic mass is 10.0. The third kappa shape index (κ3) is 4.44. The van der Waals surface area contributed by atoms with Crippen LogP contribution < -0.4 is 4.90 Å². The van der Waals surface area contributed by atoms with E-state index in [1.54, 1.807) is 0 Å². The van der Waals surface area contributed by atoms with Crippen molar-refractivity contribution in [3.8, 4) is 16.8 Å². The molecule has 0 saturated heterocycles. The predicted molar refractivity (Wildman–Crippen MR) is 206 cm³/mol. The molecule has 10 aromatic rings. The highest BCUT2D eigenvalue weighted by atomic mass is 16.3. The smallest absolute Gasteiger partial charge is 0.137 e. The summed E-state index contributed by atoms with van der Waals surface area (Å²) in [5, 5.41) is 7.12. The Kier molecular flexibility index (Phi) is 6.18. The zero-order valence-corrected chi connectivity index (χ0v) is 26.6. The van der Waals surface area contributed by atoms with E-state index in [-0.39, 0.29) is 0 Å². The standard InChI is InChI=1S/C46H30N2O/c1-3-14-34(15-4-1)47(42-21-11-13-31-12-7-8-18-37(31)42)36-24-25-39-41-29-33(23-27-45(41)49-46(39)30-36)32-22-26-44-40(28-32)38-19-9-10-20-43(38)48(44)35-16-5-2-6-17-35/h1-30H. The first kappa shape index (κ1) is 27.5. The van der Waals surface area contributed by atoms with Gasteiger partial charge in [0, 0.05) is 50.1 Å². The number of furan rings is 1. The Morgan fingerprint density at radius 2 is 1.06 bits per heavy atom. The topological polar surface area (TPSA) is 21.3 Å². The summed E-state index contributed by atoms with van der Waals surface area (Å²) >= 11 is 0. The van der Waals surface area contributed by atoms with Gasteiger partial charge in [0.15, 0.2) is 0 Å². The van der Waals surface area contributed by atoms with Gasteiger partial charge in [-0.3, -0.25) is 0 Å². The van der Waals surface area contributed by atoms with Crippen LogP contribution in [0, 0.1) is 0 Å². The Balaban J connectivity index is 1.10. The van der Waals surface area contributed by atoms with Crippen molar-refractivity contribution in [2.24, 2.45) is 0 Å². The number of hydrogen-bond donors (Lipinski definition) is 0. The Morgan fingerprint density at radius 1 is 0.388 bits per heavy atom. The number of para-hydroxylation sites is 3. The van der Waals surface area contributed by atoms with Crippen molar-refractivity contribution in [2.75, 3.05) is 4.90 Å². The van der Waals surface area contributed by atoms with E-state index < -0.39 is 0 Å². The van der Waals surface area contributed by atoms with Crippen LogP contribution in [0.15, 0.2) is 186 Å². The first-order valence-corrected chi connectivity index (χ1v) is 16.7. The maximum absolute atomic E-state index is 6.54. The third-order valence-corrected chi connectivity index (χ3v) is 9.76. The number of fused-ring (bicyclic) bond motifs is 7. The maximum atomic E-state index is 6.54. The van der Waals surface area contributed by atoms with E-state index >= 15 is 0 Å². The highest BCUT2D eigenvalue weighted by molar-refractivity contribution is 6.12. The van der Waals surface area contributed by atoms with Gasteiger partial charge >= 0.3 is 0 Å². The van der Waals surface area contributed by atoms with E-state index in [9.17, 15) is 0 Å². The Bertz CT molecular complexity index is 2820.